The van der Waals surface area contributed by atoms with Crippen LogP contribution in [0.3, 0.4) is 0 Å². The maximum absolute atomic E-state index is 13.6. The van der Waals surface area contributed by atoms with Gasteiger partial charge in [0.2, 0.25) is 0 Å². The van der Waals surface area contributed by atoms with Crippen LogP contribution in [0.5, 0.6) is 5.75 Å². The lowest BCUT2D eigenvalue weighted by Crippen LogP contribution is -2.41. The summed E-state index contributed by atoms with van der Waals surface area (Å²) in [5.74, 6) is 0.583. The molecule has 0 N–H and O–H groups in total. The van der Waals surface area contributed by atoms with Gasteiger partial charge < -0.3 is 14.2 Å². The first kappa shape index (κ1) is 32.9. The van der Waals surface area contributed by atoms with Gasteiger partial charge in [-0.1, -0.05) is 38.0 Å². The molecule has 1 amide bonds. The number of nitrogens with zero attached hydrogens (tertiary/aromatic N) is 1. The van der Waals surface area contributed by atoms with Crippen molar-refractivity contribution >= 4 is 17.6 Å². The summed E-state index contributed by atoms with van der Waals surface area (Å²) in [5.41, 5.74) is 3.70. The summed E-state index contributed by atoms with van der Waals surface area (Å²) in [7, 11) is 1.64. The summed E-state index contributed by atoms with van der Waals surface area (Å²) < 4.78 is 57.8. The SMILES string of the molecule is CCOC(=O)C1(Cc2ccc(OC)c(C3=C(CN4C(=O)O[C@H](c5cc(C)cc(C(F)(F)F)c5)[C@@H]4C)CC(C)(C)CC3)c2)CCC1. The minimum Gasteiger partial charge on any atom is -0.496 e. The van der Waals surface area contributed by atoms with Crippen molar-refractivity contribution in [1.29, 1.82) is 0 Å². The lowest BCUT2D eigenvalue weighted by molar-refractivity contribution is -0.161. The number of carbonyl (C=O) groups excluding carboxylic acids is 2. The molecule has 2 fully saturated rings. The average Bonchev–Trinajstić information content (AvgIpc) is 3.22. The van der Waals surface area contributed by atoms with Crippen molar-refractivity contribution in [3.63, 3.8) is 0 Å². The molecule has 2 aliphatic carbocycles. The van der Waals surface area contributed by atoms with Crippen LogP contribution in [0.4, 0.5) is 18.0 Å². The summed E-state index contributed by atoms with van der Waals surface area (Å²) >= 11 is 0. The molecule has 1 aliphatic heterocycles. The van der Waals surface area contributed by atoms with Crippen molar-refractivity contribution in [3.05, 3.63) is 69.8 Å². The van der Waals surface area contributed by atoms with Gasteiger partial charge in [0.15, 0.2) is 0 Å². The summed E-state index contributed by atoms with van der Waals surface area (Å²) in [5, 5.41) is 0. The number of ether oxygens (including phenoxy) is 3. The molecule has 1 heterocycles. The van der Waals surface area contributed by atoms with E-state index in [-0.39, 0.29) is 11.4 Å². The van der Waals surface area contributed by atoms with Gasteiger partial charge >= 0.3 is 18.2 Å². The third-order valence-electron chi connectivity index (χ3n) is 9.83. The molecule has 0 unspecified atom stereocenters. The van der Waals surface area contributed by atoms with Crippen LogP contribution in [0.25, 0.3) is 5.57 Å². The minimum absolute atomic E-state index is 0.00595. The lowest BCUT2D eigenvalue weighted by Gasteiger charge is -2.39. The molecule has 0 spiro atoms. The Bertz CT molecular complexity index is 1490. The molecule has 1 saturated heterocycles. The smallest absolute Gasteiger partial charge is 0.416 e. The fourth-order valence-electron chi connectivity index (χ4n) is 7.23. The molecule has 2 aromatic rings. The Morgan fingerprint density at radius 2 is 1.84 bits per heavy atom. The zero-order valence-corrected chi connectivity index (χ0v) is 27.1. The molecule has 0 radical (unpaired) electrons. The number of halogens is 3. The summed E-state index contributed by atoms with van der Waals surface area (Å²) in [4.78, 5) is 27.8. The molecule has 0 aromatic heterocycles. The Morgan fingerprint density at radius 1 is 1.11 bits per heavy atom. The molecule has 1 saturated carbocycles. The Kier molecular flexibility index (Phi) is 9.04. The zero-order valence-electron chi connectivity index (χ0n) is 27.1. The molecule has 244 valence electrons. The number of methoxy groups -OCH3 is 1. The maximum Gasteiger partial charge on any atom is 0.416 e. The summed E-state index contributed by atoms with van der Waals surface area (Å²) in [6, 6.07) is 9.44. The predicted molar refractivity (Wildman–Crippen MR) is 166 cm³/mol. The van der Waals surface area contributed by atoms with Crippen molar-refractivity contribution in [2.24, 2.45) is 10.8 Å². The van der Waals surface area contributed by atoms with E-state index in [2.05, 4.69) is 19.9 Å². The third kappa shape index (κ3) is 6.73. The van der Waals surface area contributed by atoms with Gasteiger partial charge in [0, 0.05) is 12.1 Å². The van der Waals surface area contributed by atoms with Gasteiger partial charge in [-0.3, -0.25) is 9.69 Å². The van der Waals surface area contributed by atoms with Crippen LogP contribution in [-0.2, 0) is 26.9 Å². The number of benzene rings is 2. The molecular formula is C36H44F3NO5. The summed E-state index contributed by atoms with van der Waals surface area (Å²) in [6.07, 6.45) is -0.209. The second-order valence-corrected chi connectivity index (χ2v) is 13.8. The fourth-order valence-corrected chi connectivity index (χ4v) is 7.23. The van der Waals surface area contributed by atoms with Gasteiger partial charge in [0.25, 0.3) is 0 Å². The van der Waals surface area contributed by atoms with Crippen LogP contribution in [0, 0.1) is 17.8 Å². The number of aryl methyl sites for hydroxylation is 1. The summed E-state index contributed by atoms with van der Waals surface area (Å²) in [6.45, 7) is 10.3. The molecule has 3 aliphatic rings. The molecule has 45 heavy (non-hydrogen) atoms. The Balaban J connectivity index is 1.48. The Morgan fingerprint density at radius 3 is 2.47 bits per heavy atom. The average molecular weight is 628 g/mol. The molecule has 6 nitrogen and oxygen atoms in total. The zero-order chi connectivity index (χ0) is 32.7. The van der Waals surface area contributed by atoms with Crippen molar-refractivity contribution in [2.75, 3.05) is 20.3 Å². The van der Waals surface area contributed by atoms with Crippen LogP contribution in [0.2, 0.25) is 0 Å². The Hall–Kier alpha value is -3.49. The van der Waals surface area contributed by atoms with E-state index in [1.165, 1.54) is 0 Å². The second kappa shape index (κ2) is 12.4. The molecular weight excluding hydrogens is 583 g/mol. The largest absolute Gasteiger partial charge is 0.496 e. The van der Waals surface area contributed by atoms with Crippen LogP contribution < -0.4 is 4.74 Å². The number of esters is 1. The number of hydrogen-bond acceptors (Lipinski definition) is 5. The monoisotopic (exact) mass is 627 g/mol. The molecule has 2 aromatic carbocycles. The topological polar surface area (TPSA) is 65.1 Å². The first-order valence-electron chi connectivity index (χ1n) is 15.9. The predicted octanol–water partition coefficient (Wildman–Crippen LogP) is 8.84. The van der Waals surface area contributed by atoms with Gasteiger partial charge in [-0.05, 0) is 111 Å². The first-order chi connectivity index (χ1) is 21.2. The first-order valence-corrected chi connectivity index (χ1v) is 15.9. The molecule has 5 rings (SSSR count). The molecule has 2 atom stereocenters. The highest BCUT2D eigenvalue weighted by Crippen LogP contribution is 2.48. The van der Waals surface area contributed by atoms with Crippen molar-refractivity contribution in [3.8, 4) is 5.75 Å². The number of carbonyl (C=O) groups is 2. The quantitative estimate of drug-likeness (QED) is 0.260. The van der Waals surface area contributed by atoms with Gasteiger partial charge in [0.1, 0.15) is 11.9 Å². The van der Waals surface area contributed by atoms with E-state index in [1.807, 2.05) is 26.0 Å². The van der Waals surface area contributed by atoms with Crippen molar-refractivity contribution in [1.82, 2.24) is 4.90 Å². The van der Waals surface area contributed by atoms with E-state index in [0.717, 1.165) is 78.7 Å². The number of hydrogen-bond donors (Lipinski definition) is 0. The highest BCUT2D eigenvalue weighted by atomic mass is 19.4. The third-order valence-corrected chi connectivity index (χ3v) is 9.83. The highest BCUT2D eigenvalue weighted by molar-refractivity contribution is 5.79. The van der Waals surface area contributed by atoms with Crippen LogP contribution >= 0.6 is 0 Å². The maximum atomic E-state index is 13.6. The van der Waals surface area contributed by atoms with Crippen molar-refractivity contribution in [2.45, 2.75) is 97.9 Å². The lowest BCUT2D eigenvalue weighted by atomic mass is 9.65. The van der Waals surface area contributed by atoms with E-state index in [0.29, 0.717) is 30.7 Å². The standard InChI is InChI=1S/C36H44F3NO5/c1-7-44-32(41)35(12-8-13-35)19-24-9-10-30(43-6)29(17-24)28-11-14-34(4,5)20-26(28)21-40-23(3)31(45-33(40)42)25-15-22(2)16-27(18-25)36(37,38)39/h9-10,15-18,23,31H,7-8,11-14,19-21H2,1-6H3/t23-,31-/m0/s1. The van der Waals surface area contributed by atoms with Crippen LogP contribution in [-0.4, -0.2) is 43.3 Å². The van der Waals surface area contributed by atoms with E-state index < -0.39 is 35.4 Å². The Labute approximate surface area is 263 Å². The fraction of sp³-hybridized carbons (Fsp3) is 0.556. The number of cyclic esters (lactones) is 1. The van der Waals surface area contributed by atoms with Gasteiger partial charge in [-0.15, -0.1) is 0 Å². The van der Waals surface area contributed by atoms with E-state index in [9.17, 15) is 22.8 Å². The van der Waals surface area contributed by atoms with E-state index >= 15 is 0 Å². The van der Waals surface area contributed by atoms with E-state index in [1.54, 1.807) is 25.0 Å². The normalized spacial score (nSPS) is 22.6. The van der Waals surface area contributed by atoms with E-state index in [4.69, 9.17) is 14.2 Å². The number of alkyl halides is 3. The van der Waals surface area contributed by atoms with Gasteiger partial charge in [-0.25, -0.2) is 4.79 Å². The van der Waals surface area contributed by atoms with Gasteiger partial charge in [0.05, 0.1) is 30.7 Å². The molecule has 0 bridgehead atoms. The highest BCUT2D eigenvalue weighted by Gasteiger charge is 2.46. The van der Waals surface area contributed by atoms with Crippen molar-refractivity contribution < 1.29 is 37.0 Å². The molecule has 9 heteroatoms. The van der Waals surface area contributed by atoms with Gasteiger partial charge in [-0.2, -0.15) is 13.2 Å². The number of allylic oxidation sites excluding steroid dienone is 1. The number of rotatable bonds is 9. The minimum atomic E-state index is -4.50. The number of amides is 1. The van der Waals surface area contributed by atoms with Crippen LogP contribution in [0.1, 0.15) is 100 Å². The second-order valence-electron chi connectivity index (χ2n) is 13.8. The van der Waals surface area contributed by atoms with Crippen LogP contribution in [0.15, 0.2) is 42.0 Å².